The number of nitrogens with zero attached hydrogens (tertiary/aromatic N) is 4. The Morgan fingerprint density at radius 2 is 1.97 bits per heavy atom. The van der Waals surface area contributed by atoms with E-state index in [0.717, 1.165) is 26.2 Å². The number of likely N-dealkylation sites (N-methyl/N-ethyl adjacent to an activating group) is 1. The van der Waals surface area contributed by atoms with Crippen LogP contribution in [0.4, 0.5) is 5.69 Å². The molecule has 1 aromatic carbocycles. The van der Waals surface area contributed by atoms with E-state index in [1.807, 2.05) is 12.1 Å². The number of thioether (sulfide) groups is 1. The van der Waals surface area contributed by atoms with Crippen molar-refractivity contribution in [3.8, 4) is 11.3 Å². The number of benzene rings is 1. The highest BCUT2D eigenvalue weighted by molar-refractivity contribution is 8.26. The molecule has 11 heteroatoms. The largest absolute Gasteiger partial charge is 0.457 e. The molecule has 0 atom stereocenters. The van der Waals surface area contributed by atoms with Crippen molar-refractivity contribution in [1.82, 2.24) is 14.9 Å². The SMILES string of the molecule is CN1CCN(N2C(=O)/C(=C/c3ccc(-c4ccc([N+](=O)[O-])cc4Cl)o3)SC2=S)CC1. The molecule has 0 bridgehead atoms. The van der Waals surface area contributed by atoms with Crippen LogP contribution in [0.25, 0.3) is 17.4 Å². The summed E-state index contributed by atoms with van der Waals surface area (Å²) in [6.45, 7) is 3.21. The van der Waals surface area contributed by atoms with Gasteiger partial charge in [-0.3, -0.25) is 14.9 Å². The van der Waals surface area contributed by atoms with Gasteiger partial charge in [0.2, 0.25) is 0 Å². The molecule has 2 aromatic rings. The van der Waals surface area contributed by atoms with Gasteiger partial charge in [0.15, 0.2) is 4.32 Å². The van der Waals surface area contributed by atoms with Crippen LogP contribution in [0.15, 0.2) is 39.7 Å². The maximum Gasteiger partial charge on any atom is 0.281 e. The average Bonchev–Trinajstić information content (AvgIpc) is 3.27. The maximum absolute atomic E-state index is 12.9. The number of hydrogen-bond donors (Lipinski definition) is 0. The van der Waals surface area contributed by atoms with Crippen LogP contribution < -0.4 is 0 Å². The average molecular weight is 465 g/mol. The number of nitro benzene ring substituents is 1. The van der Waals surface area contributed by atoms with Gasteiger partial charge in [0.05, 0.1) is 14.9 Å². The molecule has 2 aliphatic rings. The molecule has 0 unspecified atom stereocenters. The quantitative estimate of drug-likeness (QED) is 0.292. The highest BCUT2D eigenvalue weighted by Crippen LogP contribution is 2.36. The molecule has 8 nitrogen and oxygen atoms in total. The second-order valence-electron chi connectivity index (χ2n) is 6.87. The summed E-state index contributed by atoms with van der Waals surface area (Å²) in [6, 6.07) is 7.61. The standard InChI is InChI=1S/C19H17ClN4O4S2/c1-21-6-8-22(9-7-21)23-18(25)17(30-19(23)29)11-13-3-5-16(28-13)14-4-2-12(24(26)27)10-15(14)20/h2-5,10-11H,6-9H2,1H3/b17-11-. The van der Waals surface area contributed by atoms with Gasteiger partial charge in [-0.05, 0) is 25.2 Å². The Balaban J connectivity index is 1.54. The Kier molecular flexibility index (Phi) is 5.94. The molecule has 0 radical (unpaired) electrons. The van der Waals surface area contributed by atoms with Crippen LogP contribution in [-0.2, 0) is 4.79 Å². The number of rotatable bonds is 4. The molecule has 0 saturated carbocycles. The lowest BCUT2D eigenvalue weighted by Crippen LogP contribution is -2.54. The maximum atomic E-state index is 12.9. The van der Waals surface area contributed by atoms with Crippen LogP contribution in [0.2, 0.25) is 5.02 Å². The van der Waals surface area contributed by atoms with E-state index in [9.17, 15) is 14.9 Å². The van der Waals surface area contributed by atoms with Gasteiger partial charge in [0.1, 0.15) is 11.5 Å². The first kappa shape index (κ1) is 21.0. The zero-order valence-electron chi connectivity index (χ0n) is 15.9. The number of carbonyl (C=O) groups is 1. The molecule has 0 aliphatic carbocycles. The Morgan fingerprint density at radius 3 is 2.63 bits per heavy atom. The Morgan fingerprint density at radius 1 is 1.23 bits per heavy atom. The topological polar surface area (TPSA) is 83.1 Å². The van der Waals surface area contributed by atoms with E-state index in [1.165, 1.54) is 30.0 Å². The Bertz CT molecular complexity index is 1060. The monoisotopic (exact) mass is 464 g/mol. The molecular formula is C19H17ClN4O4S2. The molecule has 1 amide bonds. The van der Waals surface area contributed by atoms with Crippen LogP contribution in [0, 0.1) is 10.1 Å². The first-order valence-corrected chi connectivity index (χ1v) is 10.7. The van der Waals surface area contributed by atoms with E-state index in [-0.39, 0.29) is 16.6 Å². The van der Waals surface area contributed by atoms with E-state index in [1.54, 1.807) is 23.2 Å². The number of amides is 1. The van der Waals surface area contributed by atoms with Crippen LogP contribution >= 0.6 is 35.6 Å². The molecule has 4 rings (SSSR count). The van der Waals surface area contributed by atoms with Gasteiger partial charge in [-0.2, -0.15) is 0 Å². The van der Waals surface area contributed by atoms with E-state index < -0.39 is 4.92 Å². The van der Waals surface area contributed by atoms with E-state index in [4.69, 9.17) is 28.2 Å². The van der Waals surface area contributed by atoms with Crippen LogP contribution in [0.3, 0.4) is 0 Å². The molecule has 3 heterocycles. The molecule has 2 saturated heterocycles. The number of piperazine rings is 1. The summed E-state index contributed by atoms with van der Waals surface area (Å²) in [7, 11) is 2.05. The van der Waals surface area contributed by atoms with Crippen molar-refractivity contribution in [3.05, 3.63) is 56.1 Å². The molecule has 2 fully saturated rings. The predicted molar refractivity (Wildman–Crippen MR) is 120 cm³/mol. The Labute approximate surface area is 187 Å². The fourth-order valence-corrected chi connectivity index (χ4v) is 4.78. The lowest BCUT2D eigenvalue weighted by Gasteiger charge is -2.37. The van der Waals surface area contributed by atoms with E-state index in [0.29, 0.717) is 26.3 Å². The van der Waals surface area contributed by atoms with Crippen LogP contribution in [0.5, 0.6) is 0 Å². The fourth-order valence-electron chi connectivity index (χ4n) is 3.22. The molecule has 0 spiro atoms. The third-order valence-corrected chi connectivity index (χ3v) is 6.46. The summed E-state index contributed by atoms with van der Waals surface area (Å²) in [6.07, 6.45) is 1.65. The van der Waals surface area contributed by atoms with Crippen molar-refractivity contribution in [2.24, 2.45) is 0 Å². The molecule has 30 heavy (non-hydrogen) atoms. The number of furan rings is 1. The smallest absolute Gasteiger partial charge is 0.281 e. The van der Waals surface area contributed by atoms with Crippen molar-refractivity contribution >= 4 is 57.6 Å². The first-order valence-electron chi connectivity index (χ1n) is 9.09. The van der Waals surface area contributed by atoms with Gasteiger partial charge in [0.25, 0.3) is 11.6 Å². The number of halogens is 1. The van der Waals surface area contributed by atoms with Crippen molar-refractivity contribution < 1.29 is 14.1 Å². The van der Waals surface area contributed by atoms with Gasteiger partial charge in [-0.1, -0.05) is 35.6 Å². The van der Waals surface area contributed by atoms with Crippen molar-refractivity contribution in [3.63, 3.8) is 0 Å². The lowest BCUT2D eigenvalue weighted by molar-refractivity contribution is -0.384. The number of nitro groups is 1. The number of thiocarbonyl (C=S) groups is 1. The molecule has 0 N–H and O–H groups in total. The normalized spacial score (nSPS) is 19.8. The van der Waals surface area contributed by atoms with Gasteiger partial charge in [-0.25, -0.2) is 10.0 Å². The minimum Gasteiger partial charge on any atom is -0.457 e. The zero-order chi connectivity index (χ0) is 21.4. The highest BCUT2D eigenvalue weighted by atomic mass is 35.5. The summed E-state index contributed by atoms with van der Waals surface area (Å²) in [5.74, 6) is 0.759. The summed E-state index contributed by atoms with van der Waals surface area (Å²) >= 11 is 12.8. The van der Waals surface area contributed by atoms with Crippen molar-refractivity contribution in [1.29, 1.82) is 0 Å². The van der Waals surface area contributed by atoms with Gasteiger partial charge in [-0.15, -0.1) is 0 Å². The third kappa shape index (κ3) is 4.14. The van der Waals surface area contributed by atoms with Crippen LogP contribution in [0.1, 0.15) is 5.76 Å². The lowest BCUT2D eigenvalue weighted by atomic mass is 10.1. The minimum absolute atomic E-state index is 0.0943. The molecular weight excluding hydrogens is 448 g/mol. The number of non-ortho nitro benzene ring substituents is 1. The zero-order valence-corrected chi connectivity index (χ0v) is 18.3. The Hall–Kier alpha value is -2.24. The summed E-state index contributed by atoms with van der Waals surface area (Å²) in [5.41, 5.74) is 0.440. The highest BCUT2D eigenvalue weighted by Gasteiger charge is 2.37. The second-order valence-corrected chi connectivity index (χ2v) is 8.96. The predicted octanol–water partition coefficient (Wildman–Crippen LogP) is 3.87. The summed E-state index contributed by atoms with van der Waals surface area (Å²) < 4.78 is 6.31. The number of hydrogen-bond acceptors (Lipinski definition) is 8. The minimum atomic E-state index is -0.508. The fraction of sp³-hybridized carbons (Fsp3) is 0.263. The van der Waals surface area contributed by atoms with E-state index >= 15 is 0 Å². The van der Waals surface area contributed by atoms with Crippen LogP contribution in [-0.4, -0.2) is 63.3 Å². The molecule has 156 valence electrons. The number of carbonyl (C=O) groups excluding carboxylic acids is 1. The summed E-state index contributed by atoms with van der Waals surface area (Å²) in [4.78, 5) is 26.0. The second kappa shape index (κ2) is 8.48. The van der Waals surface area contributed by atoms with Gasteiger partial charge < -0.3 is 9.32 Å². The molecule has 2 aliphatic heterocycles. The molecule has 1 aromatic heterocycles. The third-order valence-electron chi connectivity index (χ3n) is 4.86. The van der Waals surface area contributed by atoms with Crippen molar-refractivity contribution in [2.75, 3.05) is 33.2 Å². The van der Waals surface area contributed by atoms with Crippen molar-refractivity contribution in [2.45, 2.75) is 0 Å². The van der Waals surface area contributed by atoms with Gasteiger partial charge in [0, 0.05) is 50.0 Å². The first-order chi connectivity index (χ1) is 14.3. The summed E-state index contributed by atoms with van der Waals surface area (Å²) in [5, 5.41) is 14.6. The number of hydrazine groups is 1. The van der Waals surface area contributed by atoms with E-state index in [2.05, 4.69) is 4.90 Å². The van der Waals surface area contributed by atoms with Gasteiger partial charge >= 0.3 is 0 Å².